The highest BCUT2D eigenvalue weighted by Gasteiger charge is 2.47. The molecular weight excluding hydrogens is 733 g/mol. The third-order valence-corrected chi connectivity index (χ3v) is 13.2. The molecular formula is C61H40. The lowest BCUT2D eigenvalue weighted by Gasteiger charge is -2.34. The smallest absolute Gasteiger partial charge is 0.0622 e. The van der Waals surface area contributed by atoms with E-state index in [2.05, 4.69) is 243 Å². The predicted molar refractivity (Wildman–Crippen MR) is 258 cm³/mol. The lowest BCUT2D eigenvalue weighted by Crippen LogP contribution is -2.28. The second-order valence-corrected chi connectivity index (χ2v) is 16.3. The summed E-state index contributed by atoms with van der Waals surface area (Å²) in [5.41, 5.74) is 17.0. The topological polar surface area (TPSA) is 0 Å². The van der Waals surface area contributed by atoms with Crippen LogP contribution in [0.3, 0.4) is 0 Å². The Morgan fingerprint density at radius 3 is 1.21 bits per heavy atom. The van der Waals surface area contributed by atoms with Crippen LogP contribution in [0.4, 0.5) is 0 Å². The van der Waals surface area contributed by atoms with E-state index in [0.717, 1.165) is 0 Å². The summed E-state index contributed by atoms with van der Waals surface area (Å²) in [4.78, 5) is 0. The molecule has 0 saturated carbocycles. The van der Waals surface area contributed by atoms with Crippen LogP contribution in [0, 0.1) is 0 Å². The van der Waals surface area contributed by atoms with Crippen LogP contribution in [-0.2, 0) is 5.41 Å². The first kappa shape index (κ1) is 35.2. The summed E-state index contributed by atoms with van der Waals surface area (Å²) in [7, 11) is 0. The molecule has 0 heterocycles. The highest BCUT2D eigenvalue weighted by Crippen LogP contribution is 2.59. The second-order valence-electron chi connectivity index (χ2n) is 16.3. The first-order chi connectivity index (χ1) is 30.3. The largest absolute Gasteiger partial charge is 0.0714 e. The van der Waals surface area contributed by atoms with Crippen molar-refractivity contribution < 1.29 is 0 Å². The normalized spacial score (nSPS) is 12.7. The Kier molecular flexibility index (Phi) is 8.18. The van der Waals surface area contributed by atoms with Crippen molar-refractivity contribution in [2.24, 2.45) is 0 Å². The molecule has 0 fully saturated rings. The van der Waals surface area contributed by atoms with Crippen LogP contribution in [0.1, 0.15) is 22.3 Å². The molecule has 1 aliphatic rings. The fourth-order valence-electron chi connectivity index (χ4n) is 10.4. The van der Waals surface area contributed by atoms with Gasteiger partial charge in [-0.25, -0.2) is 0 Å². The zero-order valence-electron chi connectivity index (χ0n) is 33.6. The highest BCUT2D eigenvalue weighted by atomic mass is 14.5. The van der Waals surface area contributed by atoms with Gasteiger partial charge in [0.05, 0.1) is 5.41 Å². The molecule has 0 nitrogen and oxygen atoms in total. The fourth-order valence-corrected chi connectivity index (χ4v) is 10.4. The van der Waals surface area contributed by atoms with Crippen LogP contribution in [-0.4, -0.2) is 0 Å². The molecule has 0 radical (unpaired) electrons. The Hall–Kier alpha value is -7.80. The van der Waals surface area contributed by atoms with Crippen LogP contribution in [0.2, 0.25) is 0 Å². The van der Waals surface area contributed by atoms with Crippen LogP contribution >= 0.6 is 0 Å². The summed E-state index contributed by atoms with van der Waals surface area (Å²) in [5, 5.41) is 7.59. The maximum absolute atomic E-state index is 2.52. The van der Waals surface area contributed by atoms with Gasteiger partial charge in [-0.1, -0.05) is 231 Å². The molecule has 0 N–H and O–H groups in total. The predicted octanol–water partition coefficient (Wildman–Crippen LogP) is 16.2. The summed E-state index contributed by atoms with van der Waals surface area (Å²) < 4.78 is 0. The molecule has 11 aromatic rings. The molecule has 1 aliphatic carbocycles. The minimum absolute atomic E-state index is 0.562. The van der Waals surface area contributed by atoms with Gasteiger partial charge in [0.15, 0.2) is 0 Å². The van der Waals surface area contributed by atoms with Crippen LogP contribution in [0.15, 0.2) is 243 Å². The average molecular weight is 773 g/mol. The average Bonchev–Trinajstić information content (AvgIpc) is 3.64. The van der Waals surface area contributed by atoms with Crippen molar-refractivity contribution in [2.45, 2.75) is 5.41 Å². The van der Waals surface area contributed by atoms with Crippen LogP contribution in [0.25, 0.3) is 88.0 Å². The van der Waals surface area contributed by atoms with Crippen molar-refractivity contribution in [1.29, 1.82) is 0 Å². The fraction of sp³-hybridized carbons (Fsp3) is 0.0164. The SMILES string of the molecule is c1ccc(C2(c3ccccc3)c3cc(-c4ccc(-c5cccc6ccccc56)cc4)ccc3-c3c2cc(-c2ccc(-c4cccc5ccccc45)cc2)c2ccccc32)cc1. The number of fused-ring (bicyclic) bond motifs is 7. The molecule has 61 heavy (non-hydrogen) atoms. The summed E-state index contributed by atoms with van der Waals surface area (Å²) in [6, 6.07) is 90.0. The molecule has 0 unspecified atom stereocenters. The first-order valence-corrected chi connectivity index (χ1v) is 21.2. The molecule has 12 rings (SSSR count). The molecule has 0 atom stereocenters. The molecule has 0 saturated heterocycles. The monoisotopic (exact) mass is 772 g/mol. The molecule has 0 aliphatic heterocycles. The number of hydrogen-bond acceptors (Lipinski definition) is 0. The molecule has 0 aromatic heterocycles. The summed E-state index contributed by atoms with van der Waals surface area (Å²) in [5.74, 6) is 0. The summed E-state index contributed by atoms with van der Waals surface area (Å²) >= 11 is 0. The Labute approximate surface area is 356 Å². The highest BCUT2D eigenvalue weighted by molar-refractivity contribution is 6.10. The number of rotatable bonds is 6. The lowest BCUT2D eigenvalue weighted by atomic mass is 9.67. The van der Waals surface area contributed by atoms with Gasteiger partial charge in [-0.15, -0.1) is 0 Å². The van der Waals surface area contributed by atoms with E-state index in [1.807, 2.05) is 0 Å². The van der Waals surface area contributed by atoms with Crippen molar-refractivity contribution in [3.05, 3.63) is 265 Å². The third-order valence-electron chi connectivity index (χ3n) is 13.2. The summed E-state index contributed by atoms with van der Waals surface area (Å²) in [6.07, 6.45) is 0. The van der Waals surface area contributed by atoms with Gasteiger partial charge in [-0.2, -0.15) is 0 Å². The van der Waals surface area contributed by atoms with E-state index in [1.54, 1.807) is 0 Å². The van der Waals surface area contributed by atoms with Crippen LogP contribution < -0.4 is 0 Å². The van der Waals surface area contributed by atoms with Gasteiger partial charge >= 0.3 is 0 Å². The number of hydrogen-bond donors (Lipinski definition) is 0. The number of benzene rings is 11. The Bertz CT molecular complexity index is 3380. The molecule has 284 valence electrons. The Morgan fingerprint density at radius 2 is 0.656 bits per heavy atom. The molecule has 0 bridgehead atoms. The van der Waals surface area contributed by atoms with Crippen molar-refractivity contribution in [3.8, 4) is 55.6 Å². The van der Waals surface area contributed by atoms with E-state index in [0.29, 0.717) is 0 Å². The van der Waals surface area contributed by atoms with E-state index in [1.165, 1.54) is 110 Å². The van der Waals surface area contributed by atoms with Crippen molar-refractivity contribution in [3.63, 3.8) is 0 Å². The minimum Gasteiger partial charge on any atom is -0.0622 e. The summed E-state index contributed by atoms with van der Waals surface area (Å²) in [6.45, 7) is 0. The molecule has 0 amide bonds. The third kappa shape index (κ3) is 5.53. The standard InChI is InChI=1S/C61H40/c1-3-19-48(20-4-1)61(49-21-5-2-6-22-49)58-39-47(41-29-31-44(32-30-41)52-27-13-17-42-15-7-9-23-50(42)52)37-38-56(58)60-55-26-12-11-25-54(55)57(40-59(60)61)46-35-33-45(34-36-46)53-28-14-18-43-16-8-10-24-51(43)53/h1-40H. The maximum atomic E-state index is 2.52. The van der Waals surface area contributed by atoms with Gasteiger partial charge in [-0.3, -0.25) is 0 Å². The lowest BCUT2D eigenvalue weighted by molar-refractivity contribution is 0.769. The van der Waals surface area contributed by atoms with E-state index >= 15 is 0 Å². The van der Waals surface area contributed by atoms with Gasteiger partial charge < -0.3 is 0 Å². The van der Waals surface area contributed by atoms with Crippen molar-refractivity contribution in [1.82, 2.24) is 0 Å². The van der Waals surface area contributed by atoms with Gasteiger partial charge in [0.1, 0.15) is 0 Å². The first-order valence-electron chi connectivity index (χ1n) is 21.2. The Morgan fingerprint density at radius 1 is 0.230 bits per heavy atom. The van der Waals surface area contributed by atoms with E-state index in [9.17, 15) is 0 Å². The van der Waals surface area contributed by atoms with Crippen molar-refractivity contribution in [2.75, 3.05) is 0 Å². The van der Waals surface area contributed by atoms with E-state index < -0.39 is 5.41 Å². The van der Waals surface area contributed by atoms with Crippen molar-refractivity contribution >= 4 is 32.3 Å². The quantitative estimate of drug-likeness (QED) is 0.158. The zero-order valence-corrected chi connectivity index (χ0v) is 33.6. The molecule has 11 aromatic carbocycles. The Balaban J connectivity index is 1.06. The van der Waals surface area contributed by atoms with Gasteiger partial charge in [0, 0.05) is 0 Å². The van der Waals surface area contributed by atoms with Crippen LogP contribution in [0.5, 0.6) is 0 Å². The zero-order chi connectivity index (χ0) is 40.3. The van der Waals surface area contributed by atoms with E-state index in [-0.39, 0.29) is 0 Å². The van der Waals surface area contributed by atoms with E-state index in [4.69, 9.17) is 0 Å². The molecule has 0 heteroatoms. The second kappa shape index (κ2) is 14.2. The maximum Gasteiger partial charge on any atom is 0.0714 e. The van der Waals surface area contributed by atoms with Gasteiger partial charge in [0.25, 0.3) is 0 Å². The minimum atomic E-state index is -0.562. The van der Waals surface area contributed by atoms with Gasteiger partial charge in [-0.05, 0) is 122 Å². The van der Waals surface area contributed by atoms with Gasteiger partial charge in [0.2, 0.25) is 0 Å². The molecule has 0 spiro atoms.